The van der Waals surface area contributed by atoms with Gasteiger partial charge in [0.2, 0.25) is 0 Å². The zero-order valence-corrected chi connectivity index (χ0v) is 13.1. The molecule has 1 fully saturated rings. The molecule has 1 unspecified atom stereocenters. The first-order chi connectivity index (χ1) is 9.42. The number of carbonyl (C=O) groups excluding carboxylic acids is 1. The predicted molar refractivity (Wildman–Crippen MR) is 86.1 cm³/mol. The average molecular weight is 302 g/mol. The third-order valence-electron chi connectivity index (χ3n) is 4.38. The van der Waals surface area contributed by atoms with Crippen LogP contribution in [0.3, 0.4) is 0 Å². The van der Waals surface area contributed by atoms with E-state index in [0.717, 1.165) is 32.1 Å². The van der Waals surface area contributed by atoms with Crippen molar-refractivity contribution in [3.8, 4) is 0 Å². The summed E-state index contributed by atoms with van der Waals surface area (Å²) in [7, 11) is 1.74. The van der Waals surface area contributed by atoms with E-state index in [-0.39, 0.29) is 20.1 Å². The highest BCUT2D eigenvalue weighted by Gasteiger charge is 2.48. The van der Waals surface area contributed by atoms with Gasteiger partial charge in [-0.05, 0) is 26.7 Å². The molecule has 21 heavy (non-hydrogen) atoms. The summed E-state index contributed by atoms with van der Waals surface area (Å²) in [4.78, 5) is 15.2. The summed E-state index contributed by atoms with van der Waals surface area (Å²) in [5.41, 5.74) is -0.513. The zero-order valence-electron chi connectivity index (χ0n) is 13.1. The highest BCUT2D eigenvalue weighted by Crippen LogP contribution is 2.29. The van der Waals surface area contributed by atoms with Crippen LogP contribution in [0.1, 0.15) is 66.2 Å². The Morgan fingerprint density at radius 3 is 1.95 bits per heavy atom. The van der Waals surface area contributed by atoms with E-state index in [1.54, 1.807) is 16.8 Å². The van der Waals surface area contributed by atoms with Crippen LogP contribution in [0.2, 0.25) is 0 Å². The number of carbonyl (C=O) groups is 1. The SMILES string of the molecule is C.CN1C(=O)N(CCCCCCCCCO)C(O)C1(C)C. The maximum absolute atomic E-state index is 12.0. The molecule has 0 spiro atoms. The number of hydrogen-bond acceptors (Lipinski definition) is 3. The van der Waals surface area contributed by atoms with E-state index in [9.17, 15) is 9.90 Å². The second-order valence-corrected chi connectivity index (χ2v) is 6.26. The van der Waals surface area contributed by atoms with Crippen molar-refractivity contribution in [3.05, 3.63) is 0 Å². The number of unbranched alkanes of at least 4 members (excludes halogenated alkanes) is 6. The molecule has 1 rings (SSSR count). The summed E-state index contributed by atoms with van der Waals surface area (Å²) in [6.07, 6.45) is 6.80. The van der Waals surface area contributed by atoms with Crippen LogP contribution >= 0.6 is 0 Å². The summed E-state index contributed by atoms with van der Waals surface area (Å²) >= 11 is 0. The first-order valence-electron chi connectivity index (χ1n) is 7.76. The fourth-order valence-electron chi connectivity index (χ4n) is 2.59. The van der Waals surface area contributed by atoms with Crippen LogP contribution in [0, 0.1) is 0 Å². The minimum absolute atomic E-state index is 0. The van der Waals surface area contributed by atoms with Gasteiger partial charge in [0, 0.05) is 20.2 Å². The van der Waals surface area contributed by atoms with E-state index < -0.39 is 11.8 Å². The molecular weight excluding hydrogens is 268 g/mol. The van der Waals surface area contributed by atoms with E-state index >= 15 is 0 Å². The molecule has 1 aliphatic heterocycles. The number of aliphatic hydroxyl groups is 2. The topological polar surface area (TPSA) is 64.0 Å². The van der Waals surface area contributed by atoms with Gasteiger partial charge in [-0.1, -0.05) is 39.5 Å². The fraction of sp³-hybridized carbons (Fsp3) is 0.938. The second-order valence-electron chi connectivity index (χ2n) is 6.26. The van der Waals surface area contributed by atoms with Crippen LogP contribution in [0.25, 0.3) is 0 Å². The van der Waals surface area contributed by atoms with Crippen molar-refractivity contribution in [2.45, 2.75) is 78.0 Å². The van der Waals surface area contributed by atoms with Crippen molar-refractivity contribution < 1.29 is 15.0 Å². The van der Waals surface area contributed by atoms with Gasteiger partial charge >= 0.3 is 6.03 Å². The summed E-state index contributed by atoms with van der Waals surface area (Å²) < 4.78 is 0. The molecule has 0 saturated carbocycles. The second kappa shape index (κ2) is 9.26. The van der Waals surface area contributed by atoms with E-state index in [1.807, 2.05) is 13.8 Å². The highest BCUT2D eigenvalue weighted by atomic mass is 16.3. The highest BCUT2D eigenvalue weighted by molar-refractivity contribution is 5.78. The lowest BCUT2D eigenvalue weighted by Gasteiger charge is -2.29. The Kier molecular flexibility index (Phi) is 8.90. The van der Waals surface area contributed by atoms with Gasteiger partial charge < -0.3 is 15.1 Å². The van der Waals surface area contributed by atoms with Gasteiger partial charge in [0.05, 0.1) is 5.54 Å². The molecule has 1 heterocycles. The summed E-state index contributed by atoms with van der Waals surface area (Å²) in [5.74, 6) is 0. The lowest BCUT2D eigenvalue weighted by molar-refractivity contribution is -0.00199. The molecule has 0 radical (unpaired) electrons. The molecule has 126 valence electrons. The van der Waals surface area contributed by atoms with Crippen LogP contribution < -0.4 is 0 Å². The third-order valence-corrected chi connectivity index (χ3v) is 4.38. The van der Waals surface area contributed by atoms with E-state index in [0.29, 0.717) is 6.54 Å². The van der Waals surface area contributed by atoms with Crippen molar-refractivity contribution in [1.82, 2.24) is 9.80 Å². The number of nitrogens with zero attached hydrogens (tertiary/aromatic N) is 2. The molecule has 1 aliphatic rings. The average Bonchev–Trinajstić information content (AvgIpc) is 2.56. The Bertz CT molecular complexity index is 308. The molecule has 0 aromatic heterocycles. The summed E-state index contributed by atoms with van der Waals surface area (Å²) in [5, 5.41) is 18.9. The maximum Gasteiger partial charge on any atom is 0.322 e. The van der Waals surface area contributed by atoms with Gasteiger partial charge in [0.25, 0.3) is 0 Å². The molecule has 2 amide bonds. The quantitative estimate of drug-likeness (QED) is 0.644. The number of aliphatic hydroxyl groups excluding tert-OH is 2. The summed E-state index contributed by atoms with van der Waals surface area (Å²) in [6, 6.07) is -0.0783. The van der Waals surface area contributed by atoms with Crippen molar-refractivity contribution in [2.75, 3.05) is 20.2 Å². The molecule has 1 saturated heterocycles. The molecule has 2 N–H and O–H groups in total. The molecule has 5 heteroatoms. The van der Waals surface area contributed by atoms with Gasteiger partial charge in [0.1, 0.15) is 0 Å². The molecule has 0 aliphatic carbocycles. The van der Waals surface area contributed by atoms with Crippen molar-refractivity contribution in [3.63, 3.8) is 0 Å². The molecule has 1 atom stereocenters. The Balaban J connectivity index is 0.00000400. The van der Waals surface area contributed by atoms with E-state index in [1.165, 1.54) is 12.8 Å². The Hall–Kier alpha value is -0.810. The van der Waals surface area contributed by atoms with Gasteiger partial charge in [0.15, 0.2) is 6.23 Å². The van der Waals surface area contributed by atoms with Crippen LogP contribution in [0.4, 0.5) is 4.79 Å². The minimum Gasteiger partial charge on any atom is -0.396 e. The van der Waals surface area contributed by atoms with E-state index in [4.69, 9.17) is 5.11 Å². The zero-order chi connectivity index (χ0) is 15.2. The number of rotatable bonds is 9. The first-order valence-corrected chi connectivity index (χ1v) is 7.76. The Morgan fingerprint density at radius 2 is 1.52 bits per heavy atom. The number of likely N-dealkylation sites (N-methyl/N-ethyl adjacent to an activating group) is 1. The Labute approximate surface area is 129 Å². The van der Waals surface area contributed by atoms with Crippen LogP contribution in [-0.2, 0) is 0 Å². The number of urea groups is 1. The molecular formula is C16H34N2O3. The van der Waals surface area contributed by atoms with E-state index in [2.05, 4.69) is 0 Å². The van der Waals surface area contributed by atoms with Gasteiger partial charge in [-0.2, -0.15) is 0 Å². The van der Waals surface area contributed by atoms with Crippen molar-refractivity contribution in [1.29, 1.82) is 0 Å². The smallest absolute Gasteiger partial charge is 0.322 e. The van der Waals surface area contributed by atoms with Gasteiger partial charge in [-0.3, -0.25) is 4.90 Å². The van der Waals surface area contributed by atoms with Crippen LogP contribution in [0.5, 0.6) is 0 Å². The van der Waals surface area contributed by atoms with Crippen molar-refractivity contribution in [2.24, 2.45) is 0 Å². The number of hydrogen-bond donors (Lipinski definition) is 2. The van der Waals surface area contributed by atoms with Crippen molar-refractivity contribution >= 4 is 6.03 Å². The Morgan fingerprint density at radius 1 is 1.05 bits per heavy atom. The standard InChI is InChI=1S/C15H30N2O3.CH4/c1-15(2)13(19)17(14(20)16(15)3)11-9-7-5-4-6-8-10-12-18;/h13,18-19H,4-12H2,1-3H3;1H4. The maximum atomic E-state index is 12.0. The normalized spacial score (nSPS) is 20.8. The largest absolute Gasteiger partial charge is 0.396 e. The lowest BCUT2D eigenvalue weighted by Crippen LogP contribution is -2.45. The monoisotopic (exact) mass is 302 g/mol. The third kappa shape index (κ3) is 5.15. The first kappa shape index (κ1) is 20.2. The molecule has 0 aromatic rings. The minimum atomic E-state index is -0.718. The predicted octanol–water partition coefficient (Wildman–Crippen LogP) is 2.81. The van der Waals surface area contributed by atoms with Gasteiger partial charge in [-0.25, -0.2) is 4.79 Å². The van der Waals surface area contributed by atoms with Crippen LogP contribution in [-0.4, -0.2) is 58.0 Å². The van der Waals surface area contributed by atoms with Crippen LogP contribution in [0.15, 0.2) is 0 Å². The summed E-state index contributed by atoms with van der Waals surface area (Å²) in [6.45, 7) is 4.69. The molecule has 0 bridgehead atoms. The van der Waals surface area contributed by atoms with Gasteiger partial charge in [-0.15, -0.1) is 0 Å². The molecule has 0 aromatic carbocycles. The lowest BCUT2D eigenvalue weighted by atomic mass is 10.0. The number of amides is 2. The molecule has 5 nitrogen and oxygen atoms in total. The fourth-order valence-corrected chi connectivity index (χ4v) is 2.59.